The average molecular weight is 716 g/mol. The summed E-state index contributed by atoms with van der Waals surface area (Å²) in [5.41, 5.74) is 0. The minimum Gasteiger partial charge on any atom is -0.394 e. The van der Waals surface area contributed by atoms with Crippen molar-refractivity contribution in [2.75, 3.05) is 13.2 Å². The zero-order chi connectivity index (χ0) is 37.0. The van der Waals surface area contributed by atoms with Crippen molar-refractivity contribution >= 4 is 5.91 Å². The molecule has 1 aliphatic rings. The first kappa shape index (κ1) is 46.6. The van der Waals surface area contributed by atoms with Gasteiger partial charge in [0.2, 0.25) is 5.91 Å². The van der Waals surface area contributed by atoms with E-state index >= 15 is 0 Å². The van der Waals surface area contributed by atoms with Crippen LogP contribution in [0.5, 0.6) is 0 Å². The average Bonchev–Trinajstić information content (AvgIpc) is 3.11. The molecule has 1 amide bonds. The van der Waals surface area contributed by atoms with Crippen LogP contribution in [0, 0.1) is 0 Å². The van der Waals surface area contributed by atoms with Gasteiger partial charge in [-0.1, -0.05) is 134 Å². The second-order valence-corrected chi connectivity index (χ2v) is 14.0. The molecular formula is C39H73NO10. The number of hydrogen-bond acceptors (Lipinski definition) is 10. The van der Waals surface area contributed by atoms with Crippen LogP contribution in [0.4, 0.5) is 0 Å². The summed E-state index contributed by atoms with van der Waals surface area (Å²) in [6, 6.07) is -1.16. The van der Waals surface area contributed by atoms with Gasteiger partial charge >= 0.3 is 0 Å². The van der Waals surface area contributed by atoms with Crippen molar-refractivity contribution in [3.05, 3.63) is 24.3 Å². The van der Waals surface area contributed by atoms with E-state index in [0.717, 1.165) is 51.4 Å². The highest BCUT2D eigenvalue weighted by Crippen LogP contribution is 2.23. The zero-order valence-corrected chi connectivity index (χ0v) is 31.1. The number of aliphatic hydroxyl groups excluding tert-OH is 7. The van der Waals surface area contributed by atoms with Gasteiger partial charge in [0.05, 0.1) is 25.4 Å². The molecule has 0 aromatic carbocycles. The van der Waals surface area contributed by atoms with Crippen LogP contribution >= 0.6 is 0 Å². The lowest BCUT2D eigenvalue weighted by Gasteiger charge is -2.40. The van der Waals surface area contributed by atoms with Crippen LogP contribution in [0.1, 0.15) is 149 Å². The number of amides is 1. The SMILES string of the molecule is CCCCC/C=C\C=C/CCCCCCCCCCCC(O)C(=O)NC(COC1OC(CO)C(O)C(O)C1O)C(O)C(O)CCCCCCC. The first-order chi connectivity index (χ1) is 24.2. The molecule has 0 aromatic heterocycles. The largest absolute Gasteiger partial charge is 0.394 e. The predicted octanol–water partition coefficient (Wildman–Crippen LogP) is 4.71. The van der Waals surface area contributed by atoms with E-state index in [-0.39, 0.29) is 6.42 Å². The summed E-state index contributed by atoms with van der Waals surface area (Å²) >= 11 is 0. The molecule has 0 aliphatic carbocycles. The Bertz CT molecular complexity index is 872. The smallest absolute Gasteiger partial charge is 0.249 e. The molecule has 1 aliphatic heterocycles. The fourth-order valence-electron chi connectivity index (χ4n) is 6.13. The second-order valence-electron chi connectivity index (χ2n) is 14.0. The molecule has 50 heavy (non-hydrogen) atoms. The van der Waals surface area contributed by atoms with Crippen LogP contribution in [0.2, 0.25) is 0 Å². The third-order valence-corrected chi connectivity index (χ3v) is 9.53. The van der Waals surface area contributed by atoms with Crippen molar-refractivity contribution in [3.63, 3.8) is 0 Å². The highest BCUT2D eigenvalue weighted by atomic mass is 16.7. The number of ether oxygens (including phenoxy) is 2. The monoisotopic (exact) mass is 716 g/mol. The summed E-state index contributed by atoms with van der Waals surface area (Å²) in [4.78, 5) is 12.9. The van der Waals surface area contributed by atoms with Gasteiger partial charge in [-0.3, -0.25) is 4.79 Å². The van der Waals surface area contributed by atoms with E-state index in [4.69, 9.17) is 9.47 Å². The lowest BCUT2D eigenvalue weighted by Crippen LogP contribution is -2.60. The quantitative estimate of drug-likeness (QED) is 0.0369. The Balaban J connectivity index is 2.42. The highest BCUT2D eigenvalue weighted by molar-refractivity contribution is 5.80. The lowest BCUT2D eigenvalue weighted by atomic mass is 9.98. The molecule has 0 bridgehead atoms. The Hall–Kier alpha value is -1.41. The summed E-state index contributed by atoms with van der Waals surface area (Å²) in [7, 11) is 0. The van der Waals surface area contributed by atoms with Gasteiger partial charge in [-0.25, -0.2) is 0 Å². The summed E-state index contributed by atoms with van der Waals surface area (Å²) in [5, 5.41) is 74.8. The lowest BCUT2D eigenvalue weighted by molar-refractivity contribution is -0.303. The molecule has 11 heteroatoms. The highest BCUT2D eigenvalue weighted by Gasteiger charge is 2.44. The van der Waals surface area contributed by atoms with Crippen molar-refractivity contribution in [3.8, 4) is 0 Å². The van der Waals surface area contributed by atoms with E-state index in [2.05, 4.69) is 43.5 Å². The number of aliphatic hydroxyl groups is 7. The Morgan fingerprint density at radius 1 is 0.700 bits per heavy atom. The van der Waals surface area contributed by atoms with Gasteiger partial charge in [0.15, 0.2) is 6.29 Å². The number of unbranched alkanes of at least 4 members (excludes halogenated alkanes) is 16. The Morgan fingerprint density at radius 3 is 1.78 bits per heavy atom. The minimum absolute atomic E-state index is 0.254. The first-order valence-electron chi connectivity index (χ1n) is 19.8. The summed E-state index contributed by atoms with van der Waals surface area (Å²) in [6.45, 7) is 3.27. The summed E-state index contributed by atoms with van der Waals surface area (Å²) in [5.74, 6) is -0.709. The predicted molar refractivity (Wildman–Crippen MR) is 196 cm³/mol. The number of allylic oxidation sites excluding steroid dienone is 4. The minimum atomic E-state index is -1.66. The van der Waals surface area contributed by atoms with Crippen LogP contribution in [0.15, 0.2) is 24.3 Å². The fraction of sp³-hybridized carbons (Fsp3) is 0.872. The second kappa shape index (κ2) is 30.1. The van der Waals surface area contributed by atoms with Crippen LogP contribution < -0.4 is 5.32 Å². The van der Waals surface area contributed by atoms with E-state index in [9.17, 15) is 40.5 Å². The normalized spacial score (nSPS) is 23.7. The van der Waals surface area contributed by atoms with Crippen molar-refractivity contribution in [2.45, 2.75) is 204 Å². The van der Waals surface area contributed by atoms with E-state index in [0.29, 0.717) is 19.3 Å². The fourth-order valence-corrected chi connectivity index (χ4v) is 6.13. The van der Waals surface area contributed by atoms with Crippen LogP contribution in [0.3, 0.4) is 0 Å². The maximum absolute atomic E-state index is 12.9. The number of carbonyl (C=O) groups is 1. The molecule has 9 atom stereocenters. The van der Waals surface area contributed by atoms with Gasteiger partial charge in [0.1, 0.15) is 36.6 Å². The molecule has 9 unspecified atom stereocenters. The molecule has 294 valence electrons. The molecule has 0 spiro atoms. The van der Waals surface area contributed by atoms with E-state index < -0.39 is 74.2 Å². The van der Waals surface area contributed by atoms with Crippen molar-refractivity contribution < 1.29 is 50.0 Å². The number of rotatable bonds is 31. The van der Waals surface area contributed by atoms with Gasteiger partial charge in [0.25, 0.3) is 0 Å². The summed E-state index contributed by atoms with van der Waals surface area (Å²) in [6.07, 6.45) is 18.6. The number of nitrogens with one attached hydrogen (secondary N) is 1. The molecule has 0 radical (unpaired) electrons. The maximum atomic E-state index is 12.9. The molecule has 1 rings (SSSR count). The topological polar surface area (TPSA) is 189 Å². The first-order valence-corrected chi connectivity index (χ1v) is 19.8. The molecule has 0 aromatic rings. The van der Waals surface area contributed by atoms with Crippen LogP contribution in [-0.2, 0) is 14.3 Å². The standard InChI is InChI=1S/C39H73NO10/c1-3-5-7-9-10-11-12-13-14-15-16-17-18-19-20-21-23-25-27-32(43)38(48)40-30(34(44)31(42)26-24-22-8-6-4-2)29-49-39-37(47)36(46)35(45)33(28-41)50-39/h10-13,30-37,39,41-47H,3-9,14-29H2,1-2H3,(H,40,48)/b11-10-,13-12-. The van der Waals surface area contributed by atoms with Crippen molar-refractivity contribution in [1.29, 1.82) is 0 Å². The molecule has 8 N–H and O–H groups in total. The Labute approximate surface area is 302 Å². The third-order valence-electron chi connectivity index (χ3n) is 9.53. The van der Waals surface area contributed by atoms with Gasteiger partial charge in [-0.15, -0.1) is 0 Å². The van der Waals surface area contributed by atoms with Gasteiger partial charge in [-0.2, -0.15) is 0 Å². The molecule has 1 saturated heterocycles. The molecule has 1 heterocycles. The Kier molecular flexibility index (Phi) is 28.1. The van der Waals surface area contributed by atoms with E-state index in [1.807, 2.05) is 0 Å². The van der Waals surface area contributed by atoms with Crippen LogP contribution in [0.25, 0.3) is 0 Å². The third kappa shape index (κ3) is 20.6. The zero-order valence-electron chi connectivity index (χ0n) is 31.1. The van der Waals surface area contributed by atoms with E-state index in [1.165, 1.54) is 57.8 Å². The van der Waals surface area contributed by atoms with Crippen molar-refractivity contribution in [2.24, 2.45) is 0 Å². The van der Waals surface area contributed by atoms with E-state index in [1.54, 1.807) is 0 Å². The maximum Gasteiger partial charge on any atom is 0.249 e. The Morgan fingerprint density at radius 2 is 1.20 bits per heavy atom. The van der Waals surface area contributed by atoms with Crippen LogP contribution in [-0.4, -0.2) is 110 Å². The van der Waals surface area contributed by atoms with Crippen molar-refractivity contribution in [1.82, 2.24) is 5.32 Å². The van der Waals surface area contributed by atoms with Gasteiger partial charge in [0, 0.05) is 0 Å². The van der Waals surface area contributed by atoms with Gasteiger partial charge in [-0.05, 0) is 38.5 Å². The molecule has 1 fully saturated rings. The van der Waals surface area contributed by atoms with Gasteiger partial charge < -0.3 is 50.5 Å². The molecule has 0 saturated carbocycles. The summed E-state index contributed by atoms with van der Waals surface area (Å²) < 4.78 is 11.0. The molecular weight excluding hydrogens is 642 g/mol. The number of hydrogen-bond donors (Lipinski definition) is 8. The molecule has 11 nitrogen and oxygen atoms in total. The number of carbonyl (C=O) groups excluding carboxylic acids is 1.